The molecule has 0 radical (unpaired) electrons. The fourth-order valence-electron chi connectivity index (χ4n) is 1.44. The lowest BCUT2D eigenvalue weighted by Gasteiger charge is -2.30. The van der Waals surface area contributed by atoms with Crippen LogP contribution in [0.4, 0.5) is 0 Å². The summed E-state index contributed by atoms with van der Waals surface area (Å²) in [6.45, 7) is 7.93. The molecule has 1 N–H and O–H groups in total. The largest absolute Gasteiger partial charge is 0.355 e. The molecule has 1 heterocycles. The molecule has 1 aliphatic rings. The van der Waals surface area contributed by atoms with Crippen LogP contribution in [0.25, 0.3) is 0 Å². The Kier molecular flexibility index (Phi) is 4.59. The molecule has 0 bridgehead atoms. The zero-order valence-electron chi connectivity index (χ0n) is 8.38. The first kappa shape index (κ1) is 10.9. The first-order valence-electron chi connectivity index (χ1n) is 4.89. The van der Waals surface area contributed by atoms with Crippen LogP contribution in [0.5, 0.6) is 0 Å². The van der Waals surface area contributed by atoms with E-state index in [0.717, 1.165) is 31.9 Å². The van der Waals surface area contributed by atoms with Gasteiger partial charge in [-0.25, -0.2) is 0 Å². The molecule has 0 aliphatic carbocycles. The summed E-state index contributed by atoms with van der Waals surface area (Å²) < 4.78 is 0. The van der Waals surface area contributed by atoms with Crippen molar-refractivity contribution in [3.63, 3.8) is 0 Å². The zero-order chi connectivity index (χ0) is 9.68. The number of nitrogens with one attached hydrogen (secondary N) is 1. The molecule has 1 fully saturated rings. The monoisotopic (exact) mass is 202 g/mol. The van der Waals surface area contributed by atoms with E-state index in [2.05, 4.69) is 17.1 Å². The van der Waals surface area contributed by atoms with E-state index in [1.165, 1.54) is 0 Å². The highest BCUT2D eigenvalue weighted by Gasteiger charge is 2.24. The van der Waals surface area contributed by atoms with Crippen LogP contribution in [0.2, 0.25) is 0 Å². The van der Waals surface area contributed by atoms with E-state index >= 15 is 0 Å². The second kappa shape index (κ2) is 5.50. The summed E-state index contributed by atoms with van der Waals surface area (Å²) in [5, 5.41) is 3.02. The fourth-order valence-corrected chi connectivity index (χ4v) is 2.64. The lowest BCUT2D eigenvalue weighted by Crippen LogP contribution is -2.45. The van der Waals surface area contributed by atoms with Crippen LogP contribution >= 0.6 is 11.8 Å². The third-order valence-corrected chi connectivity index (χ3v) is 3.43. The number of nitrogens with zero attached hydrogens (tertiary/aromatic N) is 1. The van der Waals surface area contributed by atoms with E-state index in [1.807, 2.05) is 6.92 Å². The van der Waals surface area contributed by atoms with Gasteiger partial charge >= 0.3 is 0 Å². The Hall–Kier alpha value is -0.220. The van der Waals surface area contributed by atoms with Crippen molar-refractivity contribution in [3.05, 3.63) is 0 Å². The molecule has 1 aliphatic heterocycles. The molecule has 1 unspecified atom stereocenters. The van der Waals surface area contributed by atoms with Crippen LogP contribution in [0, 0.1) is 0 Å². The van der Waals surface area contributed by atoms with Crippen LogP contribution < -0.4 is 5.32 Å². The van der Waals surface area contributed by atoms with E-state index in [0.29, 0.717) is 0 Å². The third-order valence-electron chi connectivity index (χ3n) is 2.24. The molecule has 76 valence electrons. The molecule has 0 aromatic heterocycles. The lowest BCUT2D eigenvalue weighted by molar-refractivity contribution is -0.120. The fraction of sp³-hybridized carbons (Fsp3) is 0.889. The van der Waals surface area contributed by atoms with Crippen LogP contribution in [0.3, 0.4) is 0 Å². The molecule has 0 aromatic rings. The molecular formula is C9H18N2OS. The molecule has 13 heavy (non-hydrogen) atoms. The number of carbonyl (C=O) groups excluding carboxylic acids is 1. The van der Waals surface area contributed by atoms with Gasteiger partial charge < -0.3 is 10.2 Å². The van der Waals surface area contributed by atoms with Gasteiger partial charge in [-0.1, -0.05) is 6.92 Å². The Bertz CT molecular complexity index is 175. The predicted molar refractivity (Wildman–Crippen MR) is 57.0 cm³/mol. The standard InChI is InChI=1S/C9H18N2OS/c1-3-10-9(12)8-7-11(4-2)5-6-13-8/h8H,3-7H2,1-2H3,(H,10,12). The highest BCUT2D eigenvalue weighted by atomic mass is 32.2. The van der Waals surface area contributed by atoms with Crippen molar-refractivity contribution in [1.29, 1.82) is 0 Å². The second-order valence-electron chi connectivity index (χ2n) is 3.15. The van der Waals surface area contributed by atoms with Crippen LogP contribution in [-0.4, -0.2) is 48.0 Å². The summed E-state index contributed by atoms with van der Waals surface area (Å²) in [7, 11) is 0. The summed E-state index contributed by atoms with van der Waals surface area (Å²) in [6.07, 6.45) is 0. The van der Waals surface area contributed by atoms with Crippen molar-refractivity contribution in [3.8, 4) is 0 Å². The molecule has 4 heteroatoms. The van der Waals surface area contributed by atoms with Crippen molar-refractivity contribution in [1.82, 2.24) is 10.2 Å². The minimum Gasteiger partial charge on any atom is -0.355 e. The van der Waals surface area contributed by atoms with Crippen LogP contribution in [0.1, 0.15) is 13.8 Å². The maximum atomic E-state index is 11.5. The van der Waals surface area contributed by atoms with Gasteiger partial charge in [-0.2, -0.15) is 0 Å². The number of hydrogen-bond acceptors (Lipinski definition) is 3. The number of thioether (sulfide) groups is 1. The first-order chi connectivity index (χ1) is 6.27. The summed E-state index contributed by atoms with van der Waals surface area (Å²) >= 11 is 1.78. The average molecular weight is 202 g/mol. The van der Waals surface area contributed by atoms with Gasteiger partial charge in [0.25, 0.3) is 0 Å². The highest BCUT2D eigenvalue weighted by molar-refractivity contribution is 8.00. The highest BCUT2D eigenvalue weighted by Crippen LogP contribution is 2.18. The molecular weight excluding hydrogens is 184 g/mol. The van der Waals surface area contributed by atoms with E-state index in [9.17, 15) is 4.79 Å². The molecule has 1 saturated heterocycles. The number of rotatable bonds is 3. The number of carbonyl (C=O) groups is 1. The molecule has 0 saturated carbocycles. The van der Waals surface area contributed by atoms with Gasteiger partial charge in [-0.15, -0.1) is 11.8 Å². The lowest BCUT2D eigenvalue weighted by atomic mass is 10.3. The van der Waals surface area contributed by atoms with Crippen molar-refractivity contribution < 1.29 is 4.79 Å². The second-order valence-corrected chi connectivity index (χ2v) is 4.46. The van der Waals surface area contributed by atoms with Gasteiger partial charge in [0.1, 0.15) is 0 Å². The molecule has 1 rings (SSSR count). The van der Waals surface area contributed by atoms with E-state index in [1.54, 1.807) is 11.8 Å². The van der Waals surface area contributed by atoms with E-state index < -0.39 is 0 Å². The van der Waals surface area contributed by atoms with Gasteiger partial charge in [-0.3, -0.25) is 4.79 Å². The predicted octanol–water partition coefficient (Wildman–Crippen LogP) is 0.560. The molecule has 0 aromatic carbocycles. The minimum absolute atomic E-state index is 0.147. The SMILES string of the molecule is CCNC(=O)C1CN(CC)CCS1. The Balaban J connectivity index is 2.37. The Morgan fingerprint density at radius 1 is 1.62 bits per heavy atom. The molecule has 3 nitrogen and oxygen atoms in total. The average Bonchev–Trinajstić information content (AvgIpc) is 2.18. The summed E-state index contributed by atoms with van der Waals surface area (Å²) in [5.41, 5.74) is 0. The van der Waals surface area contributed by atoms with Gasteiger partial charge in [0.15, 0.2) is 0 Å². The summed E-state index contributed by atoms with van der Waals surface area (Å²) in [4.78, 5) is 13.8. The van der Waals surface area contributed by atoms with E-state index in [-0.39, 0.29) is 11.2 Å². The Morgan fingerprint density at radius 2 is 2.38 bits per heavy atom. The first-order valence-corrected chi connectivity index (χ1v) is 5.94. The van der Waals surface area contributed by atoms with Crippen molar-refractivity contribution in [2.75, 3.05) is 31.9 Å². The maximum absolute atomic E-state index is 11.5. The summed E-state index contributed by atoms with van der Waals surface area (Å²) in [6, 6.07) is 0. The smallest absolute Gasteiger partial charge is 0.234 e. The van der Waals surface area contributed by atoms with Gasteiger partial charge in [0, 0.05) is 25.4 Å². The number of amides is 1. The van der Waals surface area contributed by atoms with E-state index in [4.69, 9.17) is 0 Å². The topological polar surface area (TPSA) is 32.3 Å². The third kappa shape index (κ3) is 3.19. The quantitative estimate of drug-likeness (QED) is 0.726. The Morgan fingerprint density at radius 3 is 3.00 bits per heavy atom. The zero-order valence-corrected chi connectivity index (χ0v) is 9.19. The Labute approximate surface area is 84.2 Å². The van der Waals surface area contributed by atoms with Crippen molar-refractivity contribution >= 4 is 17.7 Å². The van der Waals surface area contributed by atoms with Crippen LogP contribution in [0.15, 0.2) is 0 Å². The molecule has 1 amide bonds. The number of hydrogen-bond donors (Lipinski definition) is 1. The normalized spacial score (nSPS) is 24.3. The van der Waals surface area contributed by atoms with Gasteiger partial charge in [-0.05, 0) is 13.5 Å². The van der Waals surface area contributed by atoms with Crippen molar-refractivity contribution in [2.24, 2.45) is 0 Å². The van der Waals surface area contributed by atoms with Gasteiger partial charge in [0.2, 0.25) is 5.91 Å². The van der Waals surface area contributed by atoms with Crippen LogP contribution in [-0.2, 0) is 4.79 Å². The molecule has 1 atom stereocenters. The molecule has 0 spiro atoms. The minimum atomic E-state index is 0.147. The van der Waals surface area contributed by atoms with Gasteiger partial charge in [0.05, 0.1) is 5.25 Å². The van der Waals surface area contributed by atoms with Crippen molar-refractivity contribution in [2.45, 2.75) is 19.1 Å². The maximum Gasteiger partial charge on any atom is 0.234 e. The summed E-state index contributed by atoms with van der Waals surface area (Å²) in [5.74, 6) is 1.28.